The van der Waals surface area contributed by atoms with Gasteiger partial charge in [0, 0.05) is 62.9 Å². The summed E-state index contributed by atoms with van der Waals surface area (Å²) in [4.78, 5) is 17.3. The average molecular weight is 803 g/mol. The molecule has 16 heteroatoms. The highest BCUT2D eigenvalue weighted by molar-refractivity contribution is 7.90. The van der Waals surface area contributed by atoms with Gasteiger partial charge in [-0.1, -0.05) is 60.1 Å². The summed E-state index contributed by atoms with van der Waals surface area (Å²) >= 11 is 6.70. The fourth-order valence-corrected chi connectivity index (χ4v) is 8.51. The molecule has 6 aromatic rings. The van der Waals surface area contributed by atoms with Crippen LogP contribution in [0.2, 0.25) is 5.02 Å². The summed E-state index contributed by atoms with van der Waals surface area (Å²) < 4.78 is 104. The first-order chi connectivity index (χ1) is 26.0. The van der Waals surface area contributed by atoms with E-state index in [1.54, 1.807) is 24.3 Å². The zero-order chi connectivity index (χ0) is 39.8. The van der Waals surface area contributed by atoms with Gasteiger partial charge in [0.15, 0.2) is 5.69 Å². The van der Waals surface area contributed by atoms with E-state index in [1.165, 1.54) is 49.5 Å². The lowest BCUT2D eigenvalue weighted by molar-refractivity contribution is 0.0803. The van der Waals surface area contributed by atoms with E-state index in [-0.39, 0.29) is 66.6 Å². The molecular formula is C39H26ClF3N4O6S2. The smallest absolute Gasteiger partial charge is 0.268 e. The zero-order valence-corrected chi connectivity index (χ0v) is 30.8. The second-order valence-corrected chi connectivity index (χ2v) is 16.0. The van der Waals surface area contributed by atoms with Gasteiger partial charge in [-0.2, -0.15) is 13.7 Å². The van der Waals surface area contributed by atoms with Gasteiger partial charge in [0.25, 0.3) is 32.5 Å². The third kappa shape index (κ3) is 7.56. The molecule has 5 aromatic carbocycles. The molecule has 1 aromatic heterocycles. The molecule has 0 saturated heterocycles. The van der Waals surface area contributed by atoms with E-state index >= 15 is 4.39 Å². The van der Waals surface area contributed by atoms with Gasteiger partial charge in [-0.15, -0.1) is 0 Å². The largest absolute Gasteiger partial charge is 0.341 e. The van der Waals surface area contributed by atoms with Gasteiger partial charge in [-0.3, -0.25) is 9.35 Å². The van der Waals surface area contributed by atoms with Gasteiger partial charge in [0.05, 0.1) is 34.5 Å². The Balaban J connectivity index is 1.62. The minimum absolute atomic E-state index is 0.00208. The molecule has 278 valence electrons. The van der Waals surface area contributed by atoms with Gasteiger partial charge in [0.1, 0.15) is 5.82 Å². The van der Waals surface area contributed by atoms with Crippen molar-refractivity contribution in [3.05, 3.63) is 142 Å². The maximum absolute atomic E-state index is 15.1. The van der Waals surface area contributed by atoms with Crippen molar-refractivity contribution in [3.63, 3.8) is 0 Å². The third-order valence-corrected chi connectivity index (χ3v) is 11.5. The van der Waals surface area contributed by atoms with E-state index in [9.17, 15) is 35.7 Å². The van der Waals surface area contributed by atoms with Crippen LogP contribution in [0.5, 0.6) is 0 Å². The average Bonchev–Trinajstić information content (AvgIpc) is 3.50. The van der Waals surface area contributed by atoms with Crippen molar-refractivity contribution in [3.8, 4) is 39.6 Å². The zero-order valence-electron chi connectivity index (χ0n) is 28.4. The number of fused-ring (bicyclic) bond motifs is 1. The number of nitriles is 1. The number of rotatable bonds is 10. The quantitative estimate of drug-likeness (QED) is 0.108. The second kappa shape index (κ2) is 15.0. The van der Waals surface area contributed by atoms with Gasteiger partial charge < -0.3 is 4.90 Å². The Kier molecular flexibility index (Phi) is 10.6. The molecule has 0 fully saturated rings. The predicted molar refractivity (Wildman–Crippen MR) is 202 cm³/mol. The Bertz CT molecular complexity index is 2800. The summed E-state index contributed by atoms with van der Waals surface area (Å²) in [6.45, 7) is 7.63. The van der Waals surface area contributed by atoms with E-state index in [0.717, 1.165) is 45.3 Å². The molecule has 1 amide bonds. The molecule has 10 nitrogen and oxygen atoms in total. The summed E-state index contributed by atoms with van der Waals surface area (Å²) in [7, 11) is -7.65. The molecule has 0 atom stereocenters. The number of halogens is 4. The molecule has 0 unspecified atom stereocenters. The van der Waals surface area contributed by atoms with Crippen LogP contribution in [-0.2, 0) is 20.1 Å². The first kappa shape index (κ1) is 38.7. The van der Waals surface area contributed by atoms with Crippen LogP contribution < -0.4 is 0 Å². The van der Waals surface area contributed by atoms with Crippen molar-refractivity contribution >= 4 is 54.2 Å². The number of carbonyl (C=O) groups is 1. The van der Waals surface area contributed by atoms with E-state index in [0.29, 0.717) is 11.1 Å². The fourth-order valence-electron chi connectivity index (χ4n) is 6.17. The lowest BCUT2D eigenvalue weighted by Crippen LogP contribution is -2.31. The summed E-state index contributed by atoms with van der Waals surface area (Å²) in [6, 6.07) is 24.5. The van der Waals surface area contributed by atoms with Crippen LogP contribution in [0.4, 0.5) is 18.9 Å². The number of hydrogen-bond donors (Lipinski definition) is 1. The van der Waals surface area contributed by atoms with E-state index in [1.807, 2.05) is 6.07 Å². The molecule has 0 spiro atoms. The normalized spacial score (nSPS) is 11.7. The van der Waals surface area contributed by atoms with Gasteiger partial charge in [0.2, 0.25) is 0 Å². The monoisotopic (exact) mass is 802 g/mol. The van der Waals surface area contributed by atoms with Crippen molar-refractivity contribution in [2.24, 2.45) is 0 Å². The second-order valence-electron chi connectivity index (χ2n) is 12.2. The fraction of sp³-hybridized carbons (Fsp3) is 0.103. The molecule has 6 rings (SSSR count). The van der Waals surface area contributed by atoms with Gasteiger partial charge in [-0.25, -0.2) is 30.4 Å². The lowest BCUT2D eigenvalue weighted by Gasteiger charge is -2.18. The minimum Gasteiger partial charge on any atom is -0.341 e. The van der Waals surface area contributed by atoms with Crippen LogP contribution in [0.1, 0.15) is 27.9 Å². The van der Waals surface area contributed by atoms with E-state index in [4.69, 9.17) is 22.7 Å². The molecular weight excluding hydrogens is 777 g/mol. The summed E-state index contributed by atoms with van der Waals surface area (Å²) in [5.41, 5.74) is 0.673. The van der Waals surface area contributed by atoms with Crippen LogP contribution >= 0.6 is 11.6 Å². The van der Waals surface area contributed by atoms with Gasteiger partial charge >= 0.3 is 0 Å². The Labute approximate surface area is 318 Å². The molecule has 0 saturated carbocycles. The van der Waals surface area contributed by atoms with Crippen molar-refractivity contribution in [2.75, 3.05) is 19.3 Å². The Morgan fingerprint density at radius 2 is 1.64 bits per heavy atom. The van der Waals surface area contributed by atoms with E-state index in [2.05, 4.69) is 4.85 Å². The minimum atomic E-state index is -4.68. The maximum atomic E-state index is 15.1. The lowest BCUT2D eigenvalue weighted by atomic mass is 9.92. The predicted octanol–water partition coefficient (Wildman–Crippen LogP) is 8.99. The third-order valence-electron chi connectivity index (χ3n) is 8.78. The molecule has 0 bridgehead atoms. The van der Waals surface area contributed by atoms with Crippen molar-refractivity contribution < 1.29 is 39.4 Å². The molecule has 0 aliphatic carbocycles. The Morgan fingerprint density at radius 1 is 0.945 bits per heavy atom. The highest BCUT2D eigenvalue weighted by Crippen LogP contribution is 2.48. The summed E-state index contributed by atoms with van der Waals surface area (Å²) in [6.07, 6.45) is -2.86. The highest BCUT2D eigenvalue weighted by atomic mass is 35.5. The number of nitrogens with zero attached hydrogens (tertiary/aromatic N) is 4. The number of hydrogen-bond acceptors (Lipinski definition) is 6. The molecule has 0 aliphatic rings. The van der Waals surface area contributed by atoms with Crippen molar-refractivity contribution in [1.82, 2.24) is 8.87 Å². The number of aromatic nitrogens is 1. The topological polar surface area (TPSA) is 142 Å². The summed E-state index contributed by atoms with van der Waals surface area (Å²) in [5, 5.41) is 10.3. The molecule has 0 radical (unpaired) electrons. The van der Waals surface area contributed by atoms with Crippen molar-refractivity contribution in [2.45, 2.75) is 11.3 Å². The number of alkyl halides is 2. The van der Waals surface area contributed by atoms with Crippen LogP contribution in [0, 0.1) is 23.7 Å². The van der Waals surface area contributed by atoms with Crippen LogP contribution in [0.3, 0.4) is 0 Å². The molecule has 0 aliphatic heterocycles. The molecule has 55 heavy (non-hydrogen) atoms. The van der Waals surface area contributed by atoms with Crippen LogP contribution in [-0.4, -0.2) is 55.5 Å². The first-order valence-electron chi connectivity index (χ1n) is 16.0. The van der Waals surface area contributed by atoms with Crippen LogP contribution in [0.15, 0.2) is 108 Å². The van der Waals surface area contributed by atoms with Crippen LogP contribution in [0.25, 0.3) is 49.3 Å². The van der Waals surface area contributed by atoms with E-state index < -0.39 is 49.6 Å². The SMILES string of the molecule is [C-]#[N+]c1cccc(C#N)c1-c1c(-c2cccc(-c3ccc(C(=O)N(C)CCS(=O)(=O)O)cc3Cl)c2)n(S(=O)(=O)c2ccc(C(F)F)cc2)c2ccc(F)cc12. The molecule has 1 heterocycles. The maximum Gasteiger partial charge on any atom is 0.268 e. The van der Waals surface area contributed by atoms with Gasteiger partial charge in [-0.05, 0) is 60.2 Å². The number of benzene rings is 5. The first-order valence-corrected chi connectivity index (χ1v) is 19.5. The molecule has 1 N–H and O–H groups in total. The number of amides is 1. The summed E-state index contributed by atoms with van der Waals surface area (Å²) in [5.74, 6) is -1.99. The Hall–Kier alpha value is -5.97. The van der Waals surface area contributed by atoms with Crippen molar-refractivity contribution in [1.29, 1.82) is 5.26 Å². The standard InChI is InChI=1S/C39H26ClF3N4O6S2/c1-45-33-8-4-7-27(22-44)35(33)36-31-21-28(41)12-16-34(31)47(55(52,53)29-13-9-23(10-14-29)38(42)43)37(36)25-6-3-5-24(19-25)30-15-11-26(20-32(30)40)39(48)46(2)17-18-54(49,50)51/h3-16,19-21,38H,17-18H2,2H3,(H,49,50,51). The number of carbonyl (C=O) groups excluding carboxylic acids is 1. The highest BCUT2D eigenvalue weighted by Gasteiger charge is 2.31. The Morgan fingerprint density at radius 3 is 2.27 bits per heavy atom.